The van der Waals surface area contributed by atoms with Crippen molar-refractivity contribution in [3.05, 3.63) is 29.3 Å². The van der Waals surface area contributed by atoms with Crippen LogP contribution in [0.5, 0.6) is 5.75 Å². The van der Waals surface area contributed by atoms with Crippen molar-refractivity contribution in [1.29, 1.82) is 0 Å². The van der Waals surface area contributed by atoms with E-state index in [4.69, 9.17) is 9.47 Å². The molecule has 3 N–H and O–H groups in total. The minimum Gasteiger partial charge on any atom is -0.508 e. The monoisotopic (exact) mass is 354 g/mol. The van der Waals surface area contributed by atoms with Crippen molar-refractivity contribution in [2.24, 2.45) is 0 Å². The third-order valence-corrected chi connectivity index (χ3v) is 4.00. The van der Waals surface area contributed by atoms with E-state index in [-0.39, 0.29) is 12.2 Å². The molecular weight excluding hydrogens is 332 g/mol. The van der Waals surface area contributed by atoms with Crippen LogP contribution in [0.15, 0.2) is 18.2 Å². The first-order chi connectivity index (χ1) is 11.7. The number of rotatable bonds is 4. The maximum absolute atomic E-state index is 11.6. The fourth-order valence-electron chi connectivity index (χ4n) is 2.92. The average Bonchev–Trinajstić information content (AvgIpc) is 2.52. The number of aryl methyl sites for hydroxylation is 1. The van der Waals surface area contributed by atoms with Crippen LogP contribution < -0.4 is 0 Å². The lowest BCUT2D eigenvalue weighted by molar-refractivity contribution is -0.236. The SMILES string of the molecule is COC(=O)C[C@H]1O[C@H](c2cc(C)cc(O)c2)[C@@H](O)[C@@H](O)[C@H]1OC(C)=O. The first-order valence-electron chi connectivity index (χ1n) is 7.79. The second kappa shape index (κ2) is 7.81. The first-order valence-corrected chi connectivity index (χ1v) is 7.79. The van der Waals surface area contributed by atoms with Crippen LogP contribution in [0.3, 0.4) is 0 Å². The van der Waals surface area contributed by atoms with Gasteiger partial charge in [-0.1, -0.05) is 6.07 Å². The van der Waals surface area contributed by atoms with Crippen LogP contribution in [0.2, 0.25) is 0 Å². The van der Waals surface area contributed by atoms with Gasteiger partial charge >= 0.3 is 11.9 Å². The summed E-state index contributed by atoms with van der Waals surface area (Å²) in [5.41, 5.74) is 1.16. The molecule has 1 aliphatic rings. The Balaban J connectivity index is 2.34. The number of methoxy groups -OCH3 is 1. The zero-order chi connectivity index (χ0) is 18.7. The number of benzene rings is 1. The molecule has 8 nitrogen and oxygen atoms in total. The van der Waals surface area contributed by atoms with Crippen molar-refractivity contribution >= 4 is 11.9 Å². The molecule has 0 aliphatic carbocycles. The quantitative estimate of drug-likeness (QED) is 0.662. The summed E-state index contributed by atoms with van der Waals surface area (Å²) < 4.78 is 15.4. The number of esters is 2. The molecule has 1 heterocycles. The predicted octanol–water partition coefficient (Wildman–Crippen LogP) is 0.357. The second-order valence-corrected chi connectivity index (χ2v) is 6.03. The number of carbonyl (C=O) groups is 2. The van der Waals surface area contributed by atoms with Gasteiger partial charge in [-0.2, -0.15) is 0 Å². The fourth-order valence-corrected chi connectivity index (χ4v) is 2.92. The molecule has 1 saturated heterocycles. The normalized spacial score (nSPS) is 29.1. The molecule has 1 aliphatic heterocycles. The number of aliphatic hydroxyl groups excluding tert-OH is 2. The van der Waals surface area contributed by atoms with Crippen molar-refractivity contribution < 1.29 is 39.1 Å². The highest BCUT2D eigenvalue weighted by Crippen LogP contribution is 2.36. The standard InChI is InChI=1S/C17H22O8/c1-8-4-10(6-11(19)5-8)16-14(21)15(22)17(24-9(2)18)12(25-16)7-13(20)23-3/h4-6,12,14-17,19,21-22H,7H2,1-3H3/t12-,14+,15-,16-,17+/m1/s1. The van der Waals surface area contributed by atoms with Gasteiger partial charge in [0.25, 0.3) is 0 Å². The fraction of sp³-hybridized carbons (Fsp3) is 0.529. The topological polar surface area (TPSA) is 123 Å². The Bertz CT molecular complexity index is 623. The van der Waals surface area contributed by atoms with E-state index in [9.17, 15) is 24.9 Å². The lowest BCUT2D eigenvalue weighted by Crippen LogP contribution is -2.56. The highest BCUT2D eigenvalue weighted by atomic mass is 16.6. The van der Waals surface area contributed by atoms with E-state index < -0.39 is 42.5 Å². The van der Waals surface area contributed by atoms with E-state index >= 15 is 0 Å². The molecule has 0 radical (unpaired) electrons. The van der Waals surface area contributed by atoms with E-state index in [0.29, 0.717) is 5.56 Å². The number of aliphatic hydroxyl groups is 2. The van der Waals surface area contributed by atoms with E-state index in [1.54, 1.807) is 13.0 Å². The summed E-state index contributed by atoms with van der Waals surface area (Å²) in [6, 6.07) is 4.61. The first kappa shape index (κ1) is 19.2. The Labute approximate surface area is 144 Å². The molecule has 1 aromatic rings. The van der Waals surface area contributed by atoms with Crippen LogP contribution in [0.4, 0.5) is 0 Å². The molecule has 0 saturated carbocycles. The van der Waals surface area contributed by atoms with Crippen LogP contribution in [-0.2, 0) is 23.8 Å². The van der Waals surface area contributed by atoms with Crippen LogP contribution >= 0.6 is 0 Å². The summed E-state index contributed by atoms with van der Waals surface area (Å²) in [4.78, 5) is 22.9. The van der Waals surface area contributed by atoms with Crippen LogP contribution in [0, 0.1) is 6.92 Å². The molecule has 1 aromatic carbocycles. The summed E-state index contributed by atoms with van der Waals surface area (Å²) in [6.45, 7) is 2.90. The predicted molar refractivity (Wildman–Crippen MR) is 84.7 cm³/mol. The Kier molecular flexibility index (Phi) is 5.99. The van der Waals surface area contributed by atoms with E-state index in [1.165, 1.54) is 19.2 Å². The van der Waals surface area contributed by atoms with Crippen LogP contribution in [-0.4, -0.2) is 58.8 Å². The molecule has 8 heteroatoms. The molecular formula is C17H22O8. The number of aromatic hydroxyl groups is 1. The van der Waals surface area contributed by atoms with Gasteiger partial charge in [-0.05, 0) is 30.2 Å². The second-order valence-electron chi connectivity index (χ2n) is 6.03. The average molecular weight is 354 g/mol. The number of hydrogen-bond donors (Lipinski definition) is 3. The molecule has 1 fully saturated rings. The summed E-state index contributed by atoms with van der Waals surface area (Å²) in [5.74, 6) is -1.31. The Morgan fingerprint density at radius 3 is 2.44 bits per heavy atom. The van der Waals surface area contributed by atoms with E-state index in [0.717, 1.165) is 12.5 Å². The highest BCUT2D eigenvalue weighted by Gasteiger charge is 2.47. The lowest BCUT2D eigenvalue weighted by atomic mass is 9.89. The molecule has 2 rings (SSSR count). The molecule has 0 aromatic heterocycles. The number of phenols is 1. The summed E-state index contributed by atoms with van der Waals surface area (Å²) in [6.07, 6.45) is -6.41. The Hall–Kier alpha value is -2.16. The molecule has 0 unspecified atom stereocenters. The van der Waals surface area contributed by atoms with Gasteiger partial charge < -0.3 is 29.5 Å². The van der Waals surface area contributed by atoms with E-state index in [1.807, 2.05) is 0 Å². The molecule has 138 valence electrons. The summed E-state index contributed by atoms with van der Waals surface area (Å²) in [7, 11) is 1.20. The van der Waals surface area contributed by atoms with Crippen molar-refractivity contribution in [1.82, 2.24) is 0 Å². The van der Waals surface area contributed by atoms with Gasteiger partial charge in [0.2, 0.25) is 0 Å². The molecule has 25 heavy (non-hydrogen) atoms. The molecule has 0 bridgehead atoms. The Morgan fingerprint density at radius 2 is 1.88 bits per heavy atom. The molecule has 5 atom stereocenters. The van der Waals surface area contributed by atoms with Gasteiger partial charge in [0.15, 0.2) is 6.10 Å². The minimum absolute atomic E-state index is 0.0214. The maximum atomic E-state index is 11.6. The summed E-state index contributed by atoms with van der Waals surface area (Å²) in [5, 5.41) is 30.5. The smallest absolute Gasteiger partial charge is 0.308 e. The number of ether oxygens (including phenoxy) is 3. The van der Waals surface area contributed by atoms with Crippen molar-refractivity contribution in [2.45, 2.75) is 50.8 Å². The van der Waals surface area contributed by atoms with Gasteiger partial charge in [-0.3, -0.25) is 9.59 Å². The zero-order valence-electron chi connectivity index (χ0n) is 14.2. The highest BCUT2D eigenvalue weighted by molar-refractivity contribution is 5.70. The molecule has 0 spiro atoms. The number of phenolic OH excluding ortho intramolecular Hbond substituents is 1. The maximum Gasteiger partial charge on any atom is 0.308 e. The van der Waals surface area contributed by atoms with Crippen LogP contribution in [0.1, 0.15) is 30.6 Å². The summed E-state index contributed by atoms with van der Waals surface area (Å²) >= 11 is 0. The van der Waals surface area contributed by atoms with Gasteiger partial charge in [-0.25, -0.2) is 0 Å². The van der Waals surface area contributed by atoms with Crippen LogP contribution in [0.25, 0.3) is 0 Å². The lowest BCUT2D eigenvalue weighted by Gasteiger charge is -2.42. The Morgan fingerprint density at radius 1 is 1.20 bits per heavy atom. The van der Waals surface area contributed by atoms with Gasteiger partial charge in [-0.15, -0.1) is 0 Å². The number of carbonyl (C=O) groups excluding carboxylic acids is 2. The largest absolute Gasteiger partial charge is 0.508 e. The van der Waals surface area contributed by atoms with Gasteiger partial charge in [0.05, 0.1) is 13.5 Å². The number of hydrogen-bond acceptors (Lipinski definition) is 8. The van der Waals surface area contributed by atoms with Crippen molar-refractivity contribution in [2.75, 3.05) is 7.11 Å². The van der Waals surface area contributed by atoms with Gasteiger partial charge in [0, 0.05) is 6.92 Å². The van der Waals surface area contributed by atoms with E-state index in [2.05, 4.69) is 4.74 Å². The third-order valence-electron chi connectivity index (χ3n) is 4.00. The van der Waals surface area contributed by atoms with Gasteiger partial charge in [0.1, 0.15) is 30.2 Å². The minimum atomic E-state index is -1.47. The van der Waals surface area contributed by atoms with Crippen molar-refractivity contribution in [3.8, 4) is 5.75 Å². The third kappa shape index (κ3) is 4.47. The van der Waals surface area contributed by atoms with Crippen molar-refractivity contribution in [3.63, 3.8) is 0 Å². The zero-order valence-corrected chi connectivity index (χ0v) is 14.2. The molecule has 0 amide bonds.